The Morgan fingerprint density at radius 2 is 1.60 bits per heavy atom. The van der Waals surface area contributed by atoms with Crippen LogP contribution in [-0.2, 0) is 4.74 Å². The summed E-state index contributed by atoms with van der Waals surface area (Å²) < 4.78 is 11.0. The Labute approximate surface area is 181 Å². The highest BCUT2D eigenvalue weighted by Crippen LogP contribution is 2.48. The molecule has 0 radical (unpaired) electrons. The van der Waals surface area contributed by atoms with Crippen LogP contribution in [0.5, 0.6) is 5.75 Å². The Morgan fingerprint density at radius 3 is 2.27 bits per heavy atom. The Morgan fingerprint density at radius 1 is 0.933 bits per heavy atom. The lowest BCUT2D eigenvalue weighted by Crippen LogP contribution is -2.29. The van der Waals surface area contributed by atoms with Crippen molar-refractivity contribution in [1.82, 2.24) is 0 Å². The van der Waals surface area contributed by atoms with E-state index in [1.54, 1.807) is 5.57 Å². The molecule has 162 valence electrons. The largest absolute Gasteiger partial charge is 0.491 e. The highest BCUT2D eigenvalue weighted by atomic mass is 16.5. The first-order valence-corrected chi connectivity index (χ1v) is 11.1. The molecule has 1 fully saturated rings. The maximum atomic E-state index is 8.76. The minimum atomic E-state index is 0.0411. The Balaban J connectivity index is 1.91. The van der Waals surface area contributed by atoms with Crippen LogP contribution < -0.4 is 4.74 Å². The van der Waals surface area contributed by atoms with Gasteiger partial charge in [0.15, 0.2) is 0 Å². The first kappa shape index (κ1) is 22.6. The molecule has 2 atom stereocenters. The Kier molecular flexibility index (Phi) is 7.74. The van der Waals surface area contributed by atoms with Crippen molar-refractivity contribution in [2.24, 2.45) is 17.3 Å². The minimum absolute atomic E-state index is 0.0411. The molecule has 2 aromatic carbocycles. The van der Waals surface area contributed by atoms with Crippen molar-refractivity contribution in [3.05, 3.63) is 71.3 Å². The van der Waals surface area contributed by atoms with Gasteiger partial charge in [0, 0.05) is 0 Å². The number of rotatable bonds is 8. The molecule has 30 heavy (non-hydrogen) atoms. The SMILES string of the molecule is CC1CC(C)(C)C/C(=C(/c2ccccc2)c2ccc(OCCOCCO)cc2)C1C. The zero-order chi connectivity index (χ0) is 21.6. The number of aliphatic hydroxyl groups excluding tert-OH is 1. The van der Waals surface area contributed by atoms with E-state index in [4.69, 9.17) is 14.6 Å². The summed E-state index contributed by atoms with van der Waals surface area (Å²) in [4.78, 5) is 0. The predicted octanol–water partition coefficient (Wildman–Crippen LogP) is 5.97. The van der Waals surface area contributed by atoms with E-state index in [9.17, 15) is 0 Å². The minimum Gasteiger partial charge on any atom is -0.491 e. The molecule has 0 saturated heterocycles. The number of hydrogen-bond acceptors (Lipinski definition) is 3. The van der Waals surface area contributed by atoms with E-state index in [1.807, 2.05) is 12.1 Å². The van der Waals surface area contributed by atoms with E-state index in [1.165, 1.54) is 23.1 Å². The van der Waals surface area contributed by atoms with Crippen molar-refractivity contribution in [3.63, 3.8) is 0 Å². The van der Waals surface area contributed by atoms with Crippen LogP contribution in [0.25, 0.3) is 5.57 Å². The summed E-state index contributed by atoms with van der Waals surface area (Å²) in [5.74, 6) is 2.07. The van der Waals surface area contributed by atoms with Gasteiger partial charge in [-0.1, -0.05) is 75.7 Å². The third kappa shape index (κ3) is 5.74. The lowest BCUT2D eigenvalue weighted by Gasteiger charge is -2.41. The summed E-state index contributed by atoms with van der Waals surface area (Å²) in [6.07, 6.45) is 2.40. The Hall–Kier alpha value is -2.10. The van der Waals surface area contributed by atoms with Crippen LogP contribution in [-0.4, -0.2) is 31.5 Å². The van der Waals surface area contributed by atoms with E-state index >= 15 is 0 Å². The molecule has 0 aromatic heterocycles. The molecular formula is C27H36O3. The number of hydrogen-bond donors (Lipinski definition) is 1. The van der Waals surface area contributed by atoms with Crippen LogP contribution in [0.4, 0.5) is 0 Å². The molecule has 1 aliphatic carbocycles. The predicted molar refractivity (Wildman–Crippen MR) is 124 cm³/mol. The van der Waals surface area contributed by atoms with Crippen molar-refractivity contribution >= 4 is 5.57 Å². The number of aliphatic hydroxyl groups is 1. The smallest absolute Gasteiger partial charge is 0.119 e. The van der Waals surface area contributed by atoms with Gasteiger partial charge in [0.1, 0.15) is 12.4 Å². The van der Waals surface area contributed by atoms with Crippen LogP contribution in [0.15, 0.2) is 60.2 Å². The molecular weight excluding hydrogens is 372 g/mol. The van der Waals surface area contributed by atoms with Gasteiger partial charge in [-0.15, -0.1) is 0 Å². The van der Waals surface area contributed by atoms with Gasteiger partial charge in [0.25, 0.3) is 0 Å². The molecule has 2 aromatic rings. The average molecular weight is 409 g/mol. The monoisotopic (exact) mass is 408 g/mol. The summed E-state index contributed by atoms with van der Waals surface area (Å²) in [6, 6.07) is 19.2. The van der Waals surface area contributed by atoms with Crippen LogP contribution in [0.1, 0.15) is 51.7 Å². The van der Waals surface area contributed by atoms with Gasteiger partial charge < -0.3 is 14.6 Å². The standard InChI is InChI=1S/C27H36O3/c1-20-18-27(3,4)19-25(21(20)2)26(22-8-6-5-7-9-22)23-10-12-24(13-11-23)30-17-16-29-15-14-28/h5-13,20-21,28H,14-19H2,1-4H3/b26-25+. The molecule has 0 aliphatic heterocycles. The average Bonchev–Trinajstić information content (AvgIpc) is 2.73. The number of benzene rings is 2. The number of allylic oxidation sites excluding steroid dienone is 1. The molecule has 3 heteroatoms. The first-order valence-electron chi connectivity index (χ1n) is 11.1. The summed E-state index contributed by atoms with van der Waals surface area (Å²) in [5, 5.41) is 8.76. The molecule has 1 N–H and O–H groups in total. The van der Waals surface area contributed by atoms with E-state index in [0.717, 1.165) is 12.2 Å². The second-order valence-corrected chi connectivity index (χ2v) is 9.29. The third-order valence-corrected chi connectivity index (χ3v) is 6.21. The molecule has 1 aliphatic rings. The second-order valence-electron chi connectivity index (χ2n) is 9.29. The van der Waals surface area contributed by atoms with Gasteiger partial charge in [-0.2, -0.15) is 0 Å². The highest BCUT2D eigenvalue weighted by Gasteiger charge is 2.35. The molecule has 3 nitrogen and oxygen atoms in total. The van der Waals surface area contributed by atoms with Crippen LogP contribution in [0, 0.1) is 17.3 Å². The van der Waals surface area contributed by atoms with E-state index in [2.05, 4.69) is 70.2 Å². The van der Waals surface area contributed by atoms with Crippen LogP contribution in [0.3, 0.4) is 0 Å². The second kappa shape index (κ2) is 10.3. The summed E-state index contributed by atoms with van der Waals surface area (Å²) in [7, 11) is 0. The summed E-state index contributed by atoms with van der Waals surface area (Å²) in [5.41, 5.74) is 5.79. The van der Waals surface area contributed by atoms with E-state index in [0.29, 0.717) is 37.1 Å². The van der Waals surface area contributed by atoms with Crippen molar-refractivity contribution in [3.8, 4) is 5.75 Å². The maximum absolute atomic E-state index is 8.76. The Bertz CT molecular complexity index is 821. The molecule has 0 heterocycles. The fourth-order valence-electron chi connectivity index (χ4n) is 4.70. The molecule has 0 bridgehead atoms. The normalized spacial score (nSPS) is 22.6. The van der Waals surface area contributed by atoms with Gasteiger partial charge in [0.05, 0.1) is 19.8 Å². The fraction of sp³-hybridized carbons (Fsp3) is 0.481. The van der Waals surface area contributed by atoms with Gasteiger partial charge in [-0.3, -0.25) is 0 Å². The molecule has 0 amide bonds. The van der Waals surface area contributed by atoms with E-state index < -0.39 is 0 Å². The summed E-state index contributed by atoms with van der Waals surface area (Å²) >= 11 is 0. The third-order valence-electron chi connectivity index (χ3n) is 6.21. The number of ether oxygens (including phenoxy) is 2. The maximum Gasteiger partial charge on any atom is 0.119 e. The van der Waals surface area contributed by atoms with E-state index in [-0.39, 0.29) is 6.61 Å². The topological polar surface area (TPSA) is 38.7 Å². The van der Waals surface area contributed by atoms with Crippen molar-refractivity contribution in [2.45, 2.75) is 40.5 Å². The van der Waals surface area contributed by atoms with Gasteiger partial charge in [-0.25, -0.2) is 0 Å². The molecule has 0 spiro atoms. The van der Waals surface area contributed by atoms with Gasteiger partial charge in [-0.05, 0) is 58.9 Å². The zero-order valence-corrected chi connectivity index (χ0v) is 18.9. The quantitative estimate of drug-likeness (QED) is 0.547. The van der Waals surface area contributed by atoms with Gasteiger partial charge >= 0.3 is 0 Å². The van der Waals surface area contributed by atoms with Crippen molar-refractivity contribution in [1.29, 1.82) is 0 Å². The van der Waals surface area contributed by atoms with Crippen molar-refractivity contribution < 1.29 is 14.6 Å². The summed E-state index contributed by atoms with van der Waals surface area (Å²) in [6.45, 7) is 10.9. The van der Waals surface area contributed by atoms with Gasteiger partial charge in [0.2, 0.25) is 0 Å². The lowest BCUT2D eigenvalue weighted by atomic mass is 9.64. The molecule has 1 saturated carbocycles. The fourth-order valence-corrected chi connectivity index (χ4v) is 4.70. The highest BCUT2D eigenvalue weighted by molar-refractivity contribution is 5.82. The molecule has 2 unspecified atom stereocenters. The van der Waals surface area contributed by atoms with Crippen LogP contribution in [0.2, 0.25) is 0 Å². The first-order chi connectivity index (χ1) is 14.4. The van der Waals surface area contributed by atoms with Crippen LogP contribution >= 0.6 is 0 Å². The van der Waals surface area contributed by atoms with Crippen molar-refractivity contribution in [2.75, 3.05) is 26.4 Å². The lowest BCUT2D eigenvalue weighted by molar-refractivity contribution is 0.0705. The zero-order valence-electron chi connectivity index (χ0n) is 18.9. The molecule has 3 rings (SSSR count).